The normalized spacial score (nSPS) is 21.1. The summed E-state index contributed by atoms with van der Waals surface area (Å²) in [6.07, 6.45) is 0.447. The van der Waals surface area contributed by atoms with Crippen LogP contribution >= 0.6 is 0 Å². The molecule has 0 aliphatic carbocycles. The largest absolute Gasteiger partial charge is 0.373 e. The van der Waals surface area contributed by atoms with Crippen LogP contribution in [0.15, 0.2) is 24.3 Å². The fraction of sp³-hybridized carbons (Fsp3) is 0.273. The lowest BCUT2D eigenvalue weighted by molar-refractivity contribution is 0.128. The summed E-state index contributed by atoms with van der Waals surface area (Å²) in [4.78, 5) is 3.25. The summed E-state index contributed by atoms with van der Waals surface area (Å²) < 4.78 is 0. The number of benzene rings is 1. The number of para-hydroxylation sites is 1. The predicted octanol–water partition coefficient (Wildman–Crippen LogP) is 1.30. The van der Waals surface area contributed by atoms with Crippen molar-refractivity contribution in [3.63, 3.8) is 0 Å². The number of H-pyrrole nitrogens is 1. The molecule has 0 spiro atoms. The highest BCUT2D eigenvalue weighted by Gasteiger charge is 2.21. The van der Waals surface area contributed by atoms with Crippen LogP contribution < -0.4 is 5.32 Å². The van der Waals surface area contributed by atoms with Crippen LogP contribution in [0.5, 0.6) is 0 Å². The number of hydrogen-bond acceptors (Lipinski definition) is 2. The maximum atomic E-state index is 9.72. The number of aromatic amines is 1. The molecular weight excluding hydrogens is 176 g/mol. The topological polar surface area (TPSA) is 48.0 Å². The highest BCUT2D eigenvalue weighted by Crippen LogP contribution is 2.28. The molecule has 1 aliphatic heterocycles. The molecule has 0 fully saturated rings. The second kappa shape index (κ2) is 2.83. The summed E-state index contributed by atoms with van der Waals surface area (Å²) in [6.45, 7) is 0.843. The van der Waals surface area contributed by atoms with E-state index in [1.807, 2.05) is 18.2 Å². The zero-order valence-corrected chi connectivity index (χ0v) is 7.75. The molecule has 1 unspecified atom stereocenters. The Morgan fingerprint density at radius 3 is 3.07 bits per heavy atom. The lowest BCUT2D eigenvalue weighted by atomic mass is 10.0. The number of aliphatic hydroxyl groups is 1. The Kier molecular flexibility index (Phi) is 1.63. The number of fused-ring (bicyclic) bond motifs is 3. The minimum absolute atomic E-state index is 0.536. The maximum absolute atomic E-state index is 9.72. The molecule has 14 heavy (non-hydrogen) atoms. The van der Waals surface area contributed by atoms with Crippen LogP contribution in [-0.4, -0.2) is 16.6 Å². The molecule has 1 aromatic heterocycles. The molecule has 72 valence electrons. The molecule has 0 radical (unpaired) electrons. The molecule has 0 bridgehead atoms. The monoisotopic (exact) mass is 188 g/mol. The molecule has 1 atom stereocenters. The van der Waals surface area contributed by atoms with Gasteiger partial charge < -0.3 is 10.1 Å². The van der Waals surface area contributed by atoms with Gasteiger partial charge in [-0.05, 0) is 18.1 Å². The number of aliphatic hydroxyl groups excluding tert-OH is 1. The highest BCUT2D eigenvalue weighted by atomic mass is 16.3. The zero-order valence-electron chi connectivity index (χ0n) is 7.75. The van der Waals surface area contributed by atoms with Gasteiger partial charge in [-0.3, -0.25) is 5.32 Å². The van der Waals surface area contributed by atoms with E-state index in [9.17, 15) is 5.11 Å². The molecule has 3 rings (SSSR count). The van der Waals surface area contributed by atoms with Crippen molar-refractivity contribution in [2.24, 2.45) is 0 Å². The van der Waals surface area contributed by atoms with Crippen LogP contribution in [0.3, 0.4) is 0 Å². The van der Waals surface area contributed by atoms with E-state index in [1.54, 1.807) is 0 Å². The predicted molar refractivity (Wildman–Crippen MR) is 55.0 cm³/mol. The van der Waals surface area contributed by atoms with Crippen molar-refractivity contribution >= 4 is 10.9 Å². The first-order valence-electron chi connectivity index (χ1n) is 4.87. The first-order chi connectivity index (χ1) is 6.86. The van der Waals surface area contributed by atoms with Gasteiger partial charge in [0.2, 0.25) is 0 Å². The second-order valence-electron chi connectivity index (χ2n) is 3.67. The van der Waals surface area contributed by atoms with Gasteiger partial charge >= 0.3 is 0 Å². The molecule has 2 heterocycles. The van der Waals surface area contributed by atoms with E-state index < -0.39 is 6.23 Å². The second-order valence-corrected chi connectivity index (χ2v) is 3.67. The minimum Gasteiger partial charge on any atom is -0.373 e. The average Bonchev–Trinajstić information content (AvgIpc) is 2.59. The molecule has 1 aliphatic rings. The van der Waals surface area contributed by atoms with Crippen LogP contribution in [0.2, 0.25) is 0 Å². The quantitative estimate of drug-likeness (QED) is 0.583. The number of nitrogens with one attached hydrogen (secondary N) is 2. The van der Waals surface area contributed by atoms with Gasteiger partial charge in [-0.25, -0.2) is 0 Å². The first-order valence-corrected chi connectivity index (χ1v) is 4.87. The van der Waals surface area contributed by atoms with Crippen molar-refractivity contribution in [2.75, 3.05) is 6.54 Å². The van der Waals surface area contributed by atoms with Gasteiger partial charge in [0.1, 0.15) is 6.23 Å². The molecule has 0 amide bonds. The van der Waals surface area contributed by atoms with Crippen molar-refractivity contribution in [1.82, 2.24) is 10.3 Å². The van der Waals surface area contributed by atoms with Gasteiger partial charge in [0, 0.05) is 17.4 Å². The third-order valence-electron chi connectivity index (χ3n) is 2.83. The summed E-state index contributed by atoms with van der Waals surface area (Å²) in [7, 11) is 0. The van der Waals surface area contributed by atoms with Crippen LogP contribution in [0.4, 0.5) is 0 Å². The van der Waals surface area contributed by atoms with Gasteiger partial charge in [0.25, 0.3) is 0 Å². The van der Waals surface area contributed by atoms with Gasteiger partial charge in [-0.15, -0.1) is 0 Å². The molecule has 1 aromatic carbocycles. The number of hydrogen-bond donors (Lipinski definition) is 3. The summed E-state index contributed by atoms with van der Waals surface area (Å²) in [5.74, 6) is 0. The number of rotatable bonds is 0. The highest BCUT2D eigenvalue weighted by molar-refractivity contribution is 5.85. The van der Waals surface area contributed by atoms with Crippen LogP contribution in [0.1, 0.15) is 17.5 Å². The Morgan fingerprint density at radius 2 is 2.14 bits per heavy atom. The van der Waals surface area contributed by atoms with E-state index in [0.717, 1.165) is 24.2 Å². The Labute approximate surface area is 81.8 Å². The fourth-order valence-electron chi connectivity index (χ4n) is 2.16. The Hall–Kier alpha value is -1.32. The van der Waals surface area contributed by atoms with E-state index in [1.165, 1.54) is 10.9 Å². The average molecular weight is 188 g/mol. The summed E-state index contributed by atoms with van der Waals surface area (Å²) in [5, 5.41) is 14.0. The summed E-state index contributed by atoms with van der Waals surface area (Å²) in [5.41, 5.74) is 3.30. The third-order valence-corrected chi connectivity index (χ3v) is 2.83. The van der Waals surface area contributed by atoms with E-state index in [4.69, 9.17) is 0 Å². The van der Waals surface area contributed by atoms with Crippen LogP contribution in [-0.2, 0) is 6.42 Å². The van der Waals surface area contributed by atoms with Crippen molar-refractivity contribution in [1.29, 1.82) is 0 Å². The standard InChI is InChI=1S/C11H12N2O/c14-11-10-8(5-6-12-11)7-3-1-2-4-9(7)13-10/h1-4,11-14H,5-6H2. The van der Waals surface area contributed by atoms with Crippen molar-refractivity contribution in [3.8, 4) is 0 Å². The van der Waals surface area contributed by atoms with Gasteiger partial charge in [0.15, 0.2) is 0 Å². The summed E-state index contributed by atoms with van der Waals surface area (Å²) >= 11 is 0. The van der Waals surface area contributed by atoms with Gasteiger partial charge in [0.05, 0.1) is 5.69 Å². The van der Waals surface area contributed by atoms with Crippen molar-refractivity contribution in [2.45, 2.75) is 12.6 Å². The third kappa shape index (κ3) is 0.997. The van der Waals surface area contributed by atoms with Crippen LogP contribution in [0.25, 0.3) is 10.9 Å². The van der Waals surface area contributed by atoms with Gasteiger partial charge in [-0.2, -0.15) is 0 Å². The lowest BCUT2D eigenvalue weighted by Gasteiger charge is -2.19. The Morgan fingerprint density at radius 1 is 1.29 bits per heavy atom. The minimum atomic E-state index is -0.536. The lowest BCUT2D eigenvalue weighted by Crippen LogP contribution is -2.29. The van der Waals surface area contributed by atoms with E-state index in [-0.39, 0.29) is 0 Å². The number of aromatic nitrogens is 1. The Balaban J connectivity index is 2.32. The molecular formula is C11H12N2O. The van der Waals surface area contributed by atoms with E-state index >= 15 is 0 Å². The molecule has 0 saturated carbocycles. The first kappa shape index (κ1) is 8.03. The summed E-state index contributed by atoms with van der Waals surface area (Å²) in [6, 6.07) is 8.18. The molecule has 3 heteroatoms. The van der Waals surface area contributed by atoms with Crippen molar-refractivity contribution < 1.29 is 5.11 Å². The molecule has 2 aromatic rings. The van der Waals surface area contributed by atoms with Crippen LogP contribution in [0, 0.1) is 0 Å². The van der Waals surface area contributed by atoms with Crippen molar-refractivity contribution in [3.05, 3.63) is 35.5 Å². The zero-order chi connectivity index (χ0) is 9.54. The molecule has 3 N–H and O–H groups in total. The smallest absolute Gasteiger partial charge is 0.146 e. The van der Waals surface area contributed by atoms with E-state index in [2.05, 4.69) is 16.4 Å². The maximum Gasteiger partial charge on any atom is 0.146 e. The molecule has 0 saturated heterocycles. The SMILES string of the molecule is OC1NCCc2c1[nH]c1ccccc21. The van der Waals surface area contributed by atoms with Gasteiger partial charge in [-0.1, -0.05) is 18.2 Å². The Bertz CT molecular complexity index is 475. The fourth-order valence-corrected chi connectivity index (χ4v) is 2.16. The van der Waals surface area contributed by atoms with E-state index in [0.29, 0.717) is 0 Å². The molecule has 3 nitrogen and oxygen atoms in total.